The molecule has 5 heteroatoms. The molecule has 0 unspecified atom stereocenters. The number of rotatable bonds is 6. The summed E-state index contributed by atoms with van der Waals surface area (Å²) in [4.78, 5) is 11.8. The first-order chi connectivity index (χ1) is 9.12. The van der Waals surface area contributed by atoms with Crippen molar-refractivity contribution in [1.29, 1.82) is 0 Å². The van der Waals surface area contributed by atoms with Crippen LogP contribution in [0.25, 0.3) is 0 Å². The van der Waals surface area contributed by atoms with Gasteiger partial charge in [0.1, 0.15) is 0 Å². The summed E-state index contributed by atoms with van der Waals surface area (Å²) in [5, 5.41) is 3.35. The highest BCUT2D eigenvalue weighted by atomic mass is 32.2. The molecule has 0 aliphatic heterocycles. The van der Waals surface area contributed by atoms with Crippen molar-refractivity contribution in [3.63, 3.8) is 0 Å². The molecule has 1 fully saturated rings. The zero-order valence-corrected chi connectivity index (χ0v) is 12.2. The molecule has 0 saturated heterocycles. The van der Waals surface area contributed by atoms with E-state index in [1.54, 1.807) is 13.0 Å². The fraction of sp³-hybridized carbons (Fsp3) is 0.500. The summed E-state index contributed by atoms with van der Waals surface area (Å²) in [6.45, 7) is 3.02. The van der Waals surface area contributed by atoms with E-state index in [2.05, 4.69) is 11.6 Å². The van der Waals surface area contributed by atoms with Crippen molar-refractivity contribution in [3.05, 3.63) is 23.8 Å². The number of nitrogens with two attached hydrogens (primary N) is 1. The fourth-order valence-corrected chi connectivity index (χ4v) is 2.68. The number of thioether (sulfide) groups is 1. The summed E-state index contributed by atoms with van der Waals surface area (Å²) in [7, 11) is 0. The van der Waals surface area contributed by atoms with E-state index in [1.807, 2.05) is 23.9 Å². The van der Waals surface area contributed by atoms with Crippen LogP contribution in [0.2, 0.25) is 0 Å². The van der Waals surface area contributed by atoms with Gasteiger partial charge in [0, 0.05) is 11.3 Å². The van der Waals surface area contributed by atoms with Gasteiger partial charge in [-0.15, -0.1) is 0 Å². The molecule has 0 heterocycles. The van der Waals surface area contributed by atoms with Crippen LogP contribution in [-0.4, -0.2) is 30.1 Å². The van der Waals surface area contributed by atoms with Gasteiger partial charge in [0.15, 0.2) is 0 Å². The van der Waals surface area contributed by atoms with E-state index in [0.29, 0.717) is 22.6 Å². The zero-order chi connectivity index (χ0) is 13.9. The van der Waals surface area contributed by atoms with Crippen molar-refractivity contribution in [2.75, 3.05) is 30.5 Å². The Balaban J connectivity index is 2.09. The van der Waals surface area contributed by atoms with E-state index < -0.39 is 0 Å². The molecule has 4 nitrogen and oxygen atoms in total. The van der Waals surface area contributed by atoms with Crippen molar-refractivity contribution < 1.29 is 9.53 Å². The van der Waals surface area contributed by atoms with Crippen LogP contribution in [0.5, 0.6) is 0 Å². The molecule has 3 N–H and O–H groups in total. The van der Waals surface area contributed by atoms with Gasteiger partial charge in [0.05, 0.1) is 23.5 Å². The summed E-state index contributed by atoms with van der Waals surface area (Å²) in [6.07, 6.45) is 4.60. The summed E-state index contributed by atoms with van der Waals surface area (Å²) in [6, 6.07) is 5.41. The Kier molecular flexibility index (Phi) is 4.24. The normalized spacial score (nSPS) is 15.9. The van der Waals surface area contributed by atoms with Gasteiger partial charge in [0.2, 0.25) is 0 Å². The predicted octanol–water partition coefficient (Wildman–Crippen LogP) is 2.75. The molecule has 0 atom stereocenters. The van der Waals surface area contributed by atoms with E-state index in [1.165, 1.54) is 12.8 Å². The average Bonchev–Trinajstić information content (AvgIpc) is 3.18. The molecule has 0 spiro atoms. The Morgan fingerprint density at radius 3 is 2.84 bits per heavy atom. The molecule has 19 heavy (non-hydrogen) atoms. The van der Waals surface area contributed by atoms with Crippen LogP contribution >= 0.6 is 11.8 Å². The largest absolute Gasteiger partial charge is 0.462 e. The Bertz CT molecular complexity index is 473. The van der Waals surface area contributed by atoms with Crippen LogP contribution in [-0.2, 0) is 4.74 Å². The van der Waals surface area contributed by atoms with E-state index in [0.717, 1.165) is 12.2 Å². The Morgan fingerprint density at radius 2 is 2.26 bits per heavy atom. The average molecular weight is 280 g/mol. The lowest BCUT2D eigenvalue weighted by molar-refractivity contribution is 0.0527. The number of benzene rings is 1. The van der Waals surface area contributed by atoms with Gasteiger partial charge in [-0.1, -0.05) is 6.07 Å². The maximum atomic E-state index is 11.8. The van der Waals surface area contributed by atoms with Crippen molar-refractivity contribution in [2.24, 2.45) is 0 Å². The molecule has 1 saturated carbocycles. The number of carbonyl (C=O) groups is 1. The molecular formula is C14H20N2O2S. The highest BCUT2D eigenvalue weighted by Gasteiger charge is 2.41. The van der Waals surface area contributed by atoms with E-state index in [-0.39, 0.29) is 5.97 Å². The lowest BCUT2D eigenvalue weighted by atomic mass is 10.1. The molecule has 0 bridgehead atoms. The second kappa shape index (κ2) is 5.74. The van der Waals surface area contributed by atoms with Crippen LogP contribution in [0.3, 0.4) is 0 Å². The van der Waals surface area contributed by atoms with Crippen molar-refractivity contribution in [3.8, 4) is 0 Å². The summed E-state index contributed by atoms with van der Waals surface area (Å²) >= 11 is 1.89. The van der Waals surface area contributed by atoms with Crippen LogP contribution in [0.1, 0.15) is 30.1 Å². The van der Waals surface area contributed by atoms with Gasteiger partial charge < -0.3 is 15.8 Å². The maximum Gasteiger partial charge on any atom is 0.340 e. The number of esters is 1. The third-order valence-corrected chi connectivity index (χ3v) is 4.86. The summed E-state index contributed by atoms with van der Waals surface area (Å²) in [5.74, 6) is -0.366. The summed E-state index contributed by atoms with van der Waals surface area (Å²) in [5.41, 5.74) is 7.75. The minimum atomic E-state index is -0.366. The highest BCUT2D eigenvalue weighted by molar-refractivity contribution is 8.00. The second-order valence-corrected chi connectivity index (χ2v) is 6.00. The minimum Gasteiger partial charge on any atom is -0.462 e. The molecule has 0 aromatic heterocycles. The number of nitrogens with one attached hydrogen (secondary N) is 1. The Labute approximate surface area is 118 Å². The topological polar surface area (TPSA) is 64.3 Å². The standard InChI is InChI=1S/C14H20N2O2S/c1-3-18-13(17)10-5-4-6-11(12(10)15)16-9-14(19-2)7-8-14/h4-6,16H,3,7-9,15H2,1-2H3. The Morgan fingerprint density at radius 1 is 1.53 bits per heavy atom. The molecule has 2 rings (SSSR count). The monoisotopic (exact) mass is 280 g/mol. The van der Waals surface area contributed by atoms with Gasteiger partial charge in [-0.3, -0.25) is 0 Å². The number of hydrogen-bond acceptors (Lipinski definition) is 5. The van der Waals surface area contributed by atoms with E-state index >= 15 is 0 Å². The SMILES string of the molecule is CCOC(=O)c1cccc(NCC2(SC)CC2)c1N. The van der Waals surface area contributed by atoms with Crippen LogP contribution in [0.15, 0.2) is 18.2 Å². The first kappa shape index (κ1) is 14.1. The quantitative estimate of drug-likeness (QED) is 0.619. The predicted molar refractivity (Wildman–Crippen MR) is 80.8 cm³/mol. The number of para-hydroxylation sites is 1. The van der Waals surface area contributed by atoms with Crippen molar-refractivity contribution in [1.82, 2.24) is 0 Å². The molecule has 1 aromatic carbocycles. The van der Waals surface area contributed by atoms with E-state index in [4.69, 9.17) is 10.5 Å². The molecule has 1 aliphatic rings. The number of anilines is 2. The third kappa shape index (κ3) is 3.15. The van der Waals surface area contributed by atoms with Gasteiger partial charge in [-0.05, 0) is 38.2 Å². The second-order valence-electron chi connectivity index (χ2n) is 4.73. The molecular weight excluding hydrogens is 260 g/mol. The van der Waals surface area contributed by atoms with Crippen LogP contribution in [0, 0.1) is 0 Å². The summed E-state index contributed by atoms with van der Waals surface area (Å²) < 4.78 is 5.35. The van der Waals surface area contributed by atoms with Crippen LogP contribution < -0.4 is 11.1 Å². The van der Waals surface area contributed by atoms with Gasteiger partial charge in [-0.25, -0.2) is 4.79 Å². The lowest BCUT2D eigenvalue weighted by Crippen LogP contribution is -2.19. The van der Waals surface area contributed by atoms with Crippen molar-refractivity contribution in [2.45, 2.75) is 24.5 Å². The van der Waals surface area contributed by atoms with E-state index in [9.17, 15) is 4.79 Å². The Hall–Kier alpha value is -1.36. The number of ether oxygens (including phenoxy) is 1. The number of carbonyl (C=O) groups excluding carboxylic acids is 1. The van der Waals surface area contributed by atoms with Crippen LogP contribution in [0.4, 0.5) is 11.4 Å². The van der Waals surface area contributed by atoms with Gasteiger partial charge in [0.25, 0.3) is 0 Å². The zero-order valence-electron chi connectivity index (χ0n) is 11.4. The highest BCUT2D eigenvalue weighted by Crippen LogP contribution is 2.47. The molecule has 0 amide bonds. The number of nitrogen functional groups attached to an aromatic ring is 1. The smallest absolute Gasteiger partial charge is 0.340 e. The molecule has 1 aromatic rings. The van der Waals surface area contributed by atoms with Crippen molar-refractivity contribution >= 4 is 29.1 Å². The maximum absolute atomic E-state index is 11.8. The molecule has 104 valence electrons. The van der Waals surface area contributed by atoms with Gasteiger partial charge >= 0.3 is 5.97 Å². The third-order valence-electron chi connectivity index (χ3n) is 3.44. The number of hydrogen-bond donors (Lipinski definition) is 2. The fourth-order valence-electron chi connectivity index (χ4n) is 1.95. The van der Waals surface area contributed by atoms with Gasteiger partial charge in [-0.2, -0.15) is 11.8 Å². The first-order valence-electron chi connectivity index (χ1n) is 6.46. The minimum absolute atomic E-state index is 0.353. The molecule has 0 radical (unpaired) electrons. The first-order valence-corrected chi connectivity index (χ1v) is 7.69. The lowest BCUT2D eigenvalue weighted by Gasteiger charge is -2.16. The molecule has 1 aliphatic carbocycles.